The normalized spacial score (nSPS) is 32.0. The van der Waals surface area contributed by atoms with Gasteiger partial charge in [-0.05, 0) is 19.9 Å². The van der Waals surface area contributed by atoms with Gasteiger partial charge in [0.2, 0.25) is 0 Å². The first-order valence-corrected chi connectivity index (χ1v) is 8.74. The fraction of sp³-hybridized carbons (Fsp3) is 0.579. The van der Waals surface area contributed by atoms with E-state index in [1.165, 1.54) is 0 Å². The molecule has 2 unspecified atom stereocenters. The number of carbonyl (C=O) groups is 4. The van der Waals surface area contributed by atoms with E-state index in [4.69, 9.17) is 14.6 Å². The third-order valence-electron chi connectivity index (χ3n) is 5.56. The zero-order valence-electron chi connectivity index (χ0n) is 16.0. The summed E-state index contributed by atoms with van der Waals surface area (Å²) in [4.78, 5) is 47.3. The fourth-order valence-corrected chi connectivity index (χ4v) is 4.34. The number of allylic oxidation sites excluding steroid dienone is 1. The summed E-state index contributed by atoms with van der Waals surface area (Å²) in [6.45, 7) is 5.41. The molecule has 140 valence electrons. The number of aliphatic carboxylic acids is 1. The van der Waals surface area contributed by atoms with Crippen LogP contribution in [0.5, 0.6) is 0 Å². The van der Waals surface area contributed by atoms with Crippen LogP contribution in [0.2, 0.25) is 0 Å². The molecule has 0 amide bonds. The van der Waals surface area contributed by atoms with Crippen LogP contribution in [0, 0.1) is 17.8 Å². The molecule has 27 heavy (non-hydrogen) atoms. The van der Waals surface area contributed by atoms with Gasteiger partial charge in [0.05, 0.1) is 18.8 Å². The molecular weight excluding hydrogens is 363 g/mol. The van der Waals surface area contributed by atoms with Crippen LogP contribution < -0.4 is 29.6 Å². The molecule has 0 aromatic heterocycles. The zero-order valence-corrected chi connectivity index (χ0v) is 18.0. The molecule has 0 aromatic carbocycles. The molecule has 0 saturated carbocycles. The molecule has 1 heterocycles. The topological polar surface area (TPSA) is 107 Å². The van der Waals surface area contributed by atoms with E-state index < -0.39 is 30.1 Å². The Kier molecular flexibility index (Phi) is 6.71. The smallest absolute Gasteiger partial charge is 0.481 e. The third-order valence-corrected chi connectivity index (χ3v) is 5.56. The molecule has 0 bridgehead atoms. The minimum atomic E-state index is -1.08. The fourth-order valence-electron chi connectivity index (χ4n) is 4.34. The van der Waals surface area contributed by atoms with E-state index in [2.05, 4.69) is 0 Å². The molecule has 1 N–H and O–H groups in total. The first kappa shape index (κ1) is 21.9. The summed E-state index contributed by atoms with van der Waals surface area (Å²) >= 11 is 0. The van der Waals surface area contributed by atoms with Crippen LogP contribution in [0.15, 0.2) is 22.8 Å². The van der Waals surface area contributed by atoms with E-state index in [9.17, 15) is 19.2 Å². The van der Waals surface area contributed by atoms with Gasteiger partial charge in [-0.3, -0.25) is 19.2 Å². The van der Waals surface area contributed by atoms with Crippen LogP contribution >= 0.6 is 0 Å². The van der Waals surface area contributed by atoms with Crippen molar-refractivity contribution >= 4 is 23.7 Å². The van der Waals surface area contributed by atoms with Gasteiger partial charge in [-0.25, -0.2) is 0 Å². The van der Waals surface area contributed by atoms with Crippen molar-refractivity contribution in [3.8, 4) is 0 Å². The van der Waals surface area contributed by atoms with Gasteiger partial charge < -0.3 is 14.6 Å². The average Bonchev–Trinajstić information content (AvgIpc) is 2.95. The van der Waals surface area contributed by atoms with Crippen LogP contribution in [0.4, 0.5) is 0 Å². The average molecular weight is 385 g/mol. The van der Waals surface area contributed by atoms with Crippen LogP contribution in [-0.2, 0) is 28.7 Å². The van der Waals surface area contributed by atoms with E-state index >= 15 is 0 Å². The Morgan fingerprint density at radius 1 is 1.26 bits per heavy atom. The van der Waals surface area contributed by atoms with Crippen LogP contribution in [-0.4, -0.2) is 41.0 Å². The molecule has 1 saturated heterocycles. The molecular formula is C19H22NaO7+. The monoisotopic (exact) mass is 385 g/mol. The molecule has 0 spiro atoms. The summed E-state index contributed by atoms with van der Waals surface area (Å²) < 4.78 is 11.2. The second-order valence-corrected chi connectivity index (χ2v) is 7.32. The summed E-state index contributed by atoms with van der Waals surface area (Å²) in [6, 6.07) is 0. The second-order valence-electron chi connectivity index (χ2n) is 7.32. The largest absolute Gasteiger partial charge is 1.00 e. The molecule has 0 radical (unpaired) electrons. The van der Waals surface area contributed by atoms with Crippen LogP contribution in [0.25, 0.3) is 0 Å². The van der Waals surface area contributed by atoms with Gasteiger partial charge in [0.15, 0.2) is 5.78 Å². The van der Waals surface area contributed by atoms with Gasteiger partial charge in [-0.1, -0.05) is 18.1 Å². The number of carboxylic acid groups (broad SMARTS) is 1. The maximum atomic E-state index is 12.4. The van der Waals surface area contributed by atoms with E-state index in [1.807, 2.05) is 13.8 Å². The van der Waals surface area contributed by atoms with Gasteiger partial charge in [0.1, 0.15) is 12.2 Å². The van der Waals surface area contributed by atoms with Crippen molar-refractivity contribution in [3.05, 3.63) is 22.8 Å². The predicted octanol–water partition coefficient (Wildman–Crippen LogP) is -1.19. The van der Waals surface area contributed by atoms with Gasteiger partial charge in [0.25, 0.3) is 0 Å². The molecule has 1 aliphatic heterocycles. The van der Waals surface area contributed by atoms with Crippen molar-refractivity contribution in [2.24, 2.45) is 17.8 Å². The van der Waals surface area contributed by atoms with Crippen molar-refractivity contribution in [3.63, 3.8) is 0 Å². The van der Waals surface area contributed by atoms with E-state index in [1.54, 1.807) is 13.0 Å². The second kappa shape index (κ2) is 8.29. The molecule has 3 aliphatic rings. The van der Waals surface area contributed by atoms with Crippen molar-refractivity contribution in [1.82, 2.24) is 0 Å². The Hall–Kier alpha value is -1.44. The number of esters is 2. The summed E-state index contributed by atoms with van der Waals surface area (Å²) in [5, 5.41) is 8.73. The predicted molar refractivity (Wildman–Crippen MR) is 88.9 cm³/mol. The number of carboxylic acids is 1. The van der Waals surface area contributed by atoms with Crippen molar-refractivity contribution < 1.29 is 63.3 Å². The Morgan fingerprint density at radius 3 is 2.56 bits per heavy atom. The first-order chi connectivity index (χ1) is 12.2. The van der Waals surface area contributed by atoms with E-state index in [0.29, 0.717) is 12.0 Å². The van der Waals surface area contributed by atoms with Crippen molar-refractivity contribution in [1.29, 1.82) is 0 Å². The van der Waals surface area contributed by atoms with Gasteiger partial charge in [-0.15, -0.1) is 0 Å². The summed E-state index contributed by atoms with van der Waals surface area (Å²) in [6.07, 6.45) is 0.194. The number of hydrogen-bond donors (Lipinski definition) is 1. The molecule has 0 aromatic rings. The Labute approximate surface area is 179 Å². The summed E-state index contributed by atoms with van der Waals surface area (Å²) in [5.41, 5.74) is 2.30. The number of ether oxygens (including phenoxy) is 2. The maximum absolute atomic E-state index is 12.4. The zero-order chi connectivity index (χ0) is 19.2. The van der Waals surface area contributed by atoms with E-state index in [0.717, 1.165) is 11.1 Å². The number of carbonyl (C=O) groups excluding carboxylic acids is 3. The Morgan fingerprint density at radius 2 is 1.93 bits per heavy atom. The molecule has 1 fully saturated rings. The van der Waals surface area contributed by atoms with Crippen molar-refractivity contribution in [2.75, 3.05) is 0 Å². The first-order valence-electron chi connectivity index (χ1n) is 8.74. The SMILES string of the molecule is CC1=CC(=O)C2=C(C)C[C@H](OC(=O)CCC(=O)O)C3[C@H](OC(=O)[C@H]3C)C12.[Na+]. The third kappa shape index (κ3) is 4.05. The molecule has 8 heteroatoms. The maximum Gasteiger partial charge on any atom is 1.00 e. The van der Waals surface area contributed by atoms with Crippen molar-refractivity contribution in [2.45, 2.75) is 52.2 Å². The summed E-state index contributed by atoms with van der Waals surface area (Å²) in [7, 11) is 0. The van der Waals surface area contributed by atoms with E-state index in [-0.39, 0.29) is 66.0 Å². The minimum Gasteiger partial charge on any atom is -0.481 e. The quantitative estimate of drug-likeness (QED) is 0.479. The number of rotatable bonds is 4. The Bertz CT molecular complexity index is 751. The number of ketones is 1. The molecule has 3 rings (SSSR count). The minimum absolute atomic E-state index is 0. The number of fused-ring (bicyclic) bond motifs is 3. The number of hydrogen-bond acceptors (Lipinski definition) is 6. The summed E-state index contributed by atoms with van der Waals surface area (Å²) in [5.74, 6) is -3.28. The van der Waals surface area contributed by atoms with Crippen LogP contribution in [0.1, 0.15) is 40.0 Å². The molecule has 2 aliphatic carbocycles. The van der Waals surface area contributed by atoms with Gasteiger partial charge >= 0.3 is 47.5 Å². The van der Waals surface area contributed by atoms with Crippen LogP contribution in [0.3, 0.4) is 0 Å². The molecule has 7 nitrogen and oxygen atoms in total. The standard InChI is InChI=1S/C19H22O7.Na/c1-8-6-11(20)15-9(2)7-12(25-14(23)5-4-13(21)22)17-10(3)19(24)26-18(17)16(8)15;/h6,10,12,16-18H,4-5,7H2,1-3H3,(H,21,22);/q;+1/t10-,12-,16?,17?,18+;/m0./s1. The van der Waals surface area contributed by atoms with Gasteiger partial charge in [0, 0.05) is 23.8 Å². The molecule has 5 atom stereocenters. The Balaban J connectivity index is 0.00000261. The van der Waals surface area contributed by atoms with Gasteiger partial charge in [-0.2, -0.15) is 0 Å².